The topological polar surface area (TPSA) is 86.3 Å². The molecule has 0 atom stereocenters. The van der Waals surface area contributed by atoms with E-state index in [1.54, 1.807) is 29.6 Å². The zero-order valence-corrected chi connectivity index (χ0v) is 12.2. The molecule has 23 heavy (non-hydrogen) atoms. The molecular weight excluding hydrogens is 292 g/mol. The van der Waals surface area contributed by atoms with Crippen LogP contribution in [-0.4, -0.2) is 40.8 Å². The molecule has 8 heteroatoms. The molecule has 4 heterocycles. The highest BCUT2D eigenvalue weighted by Gasteiger charge is 2.11. The molecule has 8 nitrogen and oxygen atoms in total. The molecule has 0 amide bonds. The average molecular weight is 306 g/mol. The van der Waals surface area contributed by atoms with Gasteiger partial charge in [0.25, 0.3) is 0 Å². The Hall–Kier alpha value is -3.29. The van der Waals surface area contributed by atoms with Crippen molar-refractivity contribution in [2.45, 2.75) is 6.54 Å². The van der Waals surface area contributed by atoms with Crippen molar-refractivity contribution in [3.63, 3.8) is 0 Å². The molecule has 0 aliphatic carbocycles. The molecule has 4 rings (SSSR count). The van der Waals surface area contributed by atoms with Crippen LogP contribution in [0.5, 0.6) is 0 Å². The van der Waals surface area contributed by atoms with Crippen molar-refractivity contribution in [3.05, 3.63) is 55.6 Å². The predicted octanol–water partition coefficient (Wildman–Crippen LogP) is 1.52. The number of pyridine rings is 1. The summed E-state index contributed by atoms with van der Waals surface area (Å²) in [6.45, 7) is 1.54. The van der Waals surface area contributed by atoms with Gasteiger partial charge < -0.3 is 9.88 Å². The summed E-state index contributed by atoms with van der Waals surface area (Å²) >= 11 is 0. The lowest BCUT2D eigenvalue weighted by atomic mass is 10.4. The fourth-order valence-corrected chi connectivity index (χ4v) is 2.35. The predicted molar refractivity (Wildman–Crippen MR) is 85.2 cm³/mol. The lowest BCUT2D eigenvalue weighted by Crippen LogP contribution is -2.10. The molecule has 4 aromatic rings. The first kappa shape index (κ1) is 13.4. The maximum Gasteiger partial charge on any atom is 0.170 e. The van der Waals surface area contributed by atoms with E-state index in [0.29, 0.717) is 0 Å². The van der Waals surface area contributed by atoms with Crippen LogP contribution in [0.25, 0.3) is 16.9 Å². The second kappa shape index (κ2) is 5.84. The Bertz CT molecular complexity index is 898. The van der Waals surface area contributed by atoms with E-state index in [9.17, 15) is 0 Å². The zero-order chi connectivity index (χ0) is 15.5. The Morgan fingerprint density at radius 1 is 1.09 bits per heavy atom. The van der Waals surface area contributed by atoms with Gasteiger partial charge in [0, 0.05) is 31.7 Å². The van der Waals surface area contributed by atoms with Gasteiger partial charge in [-0.25, -0.2) is 19.9 Å². The van der Waals surface area contributed by atoms with Crippen molar-refractivity contribution in [1.29, 1.82) is 0 Å². The van der Waals surface area contributed by atoms with Crippen LogP contribution in [0.3, 0.4) is 0 Å². The van der Waals surface area contributed by atoms with E-state index < -0.39 is 0 Å². The maximum absolute atomic E-state index is 4.38. The van der Waals surface area contributed by atoms with Crippen molar-refractivity contribution in [2.24, 2.45) is 0 Å². The first-order valence-electron chi connectivity index (χ1n) is 7.21. The summed E-state index contributed by atoms with van der Waals surface area (Å²) in [6, 6.07) is 5.68. The molecule has 0 saturated carbocycles. The largest absolute Gasteiger partial charge is 0.368 e. The molecule has 0 fully saturated rings. The van der Waals surface area contributed by atoms with E-state index in [2.05, 4.69) is 30.4 Å². The molecule has 0 unspecified atom stereocenters. The number of nitrogens with zero attached hydrogens (tertiary/aromatic N) is 7. The van der Waals surface area contributed by atoms with Crippen molar-refractivity contribution in [1.82, 2.24) is 34.3 Å². The standard InChI is InChI=1S/C15H14N8/c1-2-4-17-13(3-1)23-15-12(9-21-23)14(19-10-20-15)18-6-8-22-7-5-16-11-22/h1-5,7,9-11H,6,8H2,(H,18,19,20). The molecule has 1 N–H and O–H groups in total. The molecule has 4 aromatic heterocycles. The van der Waals surface area contributed by atoms with Gasteiger partial charge in [0.2, 0.25) is 0 Å². The van der Waals surface area contributed by atoms with E-state index in [1.165, 1.54) is 6.33 Å². The molecule has 0 aliphatic heterocycles. The van der Waals surface area contributed by atoms with Crippen molar-refractivity contribution in [2.75, 3.05) is 11.9 Å². The Kier molecular flexibility index (Phi) is 3.39. The van der Waals surface area contributed by atoms with Crippen LogP contribution in [0, 0.1) is 0 Å². The van der Waals surface area contributed by atoms with E-state index in [-0.39, 0.29) is 0 Å². The van der Waals surface area contributed by atoms with Crippen molar-refractivity contribution in [3.8, 4) is 5.82 Å². The number of aromatic nitrogens is 7. The van der Waals surface area contributed by atoms with Gasteiger partial charge in [-0.2, -0.15) is 9.78 Å². The molecule has 0 radical (unpaired) electrons. The highest BCUT2D eigenvalue weighted by atomic mass is 15.3. The third-order valence-corrected chi connectivity index (χ3v) is 3.45. The SMILES string of the molecule is c1ccc(-n2ncc3c(NCCn4ccnc4)ncnc32)nc1. The van der Waals surface area contributed by atoms with Crippen LogP contribution in [-0.2, 0) is 6.54 Å². The summed E-state index contributed by atoms with van der Waals surface area (Å²) in [5, 5.41) is 8.56. The fourth-order valence-electron chi connectivity index (χ4n) is 2.35. The fraction of sp³-hybridized carbons (Fsp3) is 0.133. The first-order valence-corrected chi connectivity index (χ1v) is 7.21. The number of nitrogens with one attached hydrogen (secondary N) is 1. The number of hydrogen-bond donors (Lipinski definition) is 1. The normalized spacial score (nSPS) is 11.0. The van der Waals surface area contributed by atoms with Crippen molar-refractivity contribution >= 4 is 16.9 Å². The van der Waals surface area contributed by atoms with Crippen LogP contribution in [0.1, 0.15) is 0 Å². The Balaban J connectivity index is 1.60. The second-order valence-corrected chi connectivity index (χ2v) is 4.93. The molecule has 0 aromatic carbocycles. The monoisotopic (exact) mass is 306 g/mol. The Labute approximate surface area is 131 Å². The van der Waals surface area contributed by atoms with E-state index in [1.807, 2.05) is 29.0 Å². The van der Waals surface area contributed by atoms with Gasteiger partial charge in [0.15, 0.2) is 11.5 Å². The van der Waals surface area contributed by atoms with E-state index in [4.69, 9.17) is 0 Å². The second-order valence-electron chi connectivity index (χ2n) is 4.93. The molecule has 114 valence electrons. The van der Waals surface area contributed by atoms with Gasteiger partial charge in [-0.15, -0.1) is 0 Å². The number of rotatable bonds is 5. The molecule has 0 saturated heterocycles. The summed E-state index contributed by atoms with van der Waals surface area (Å²) < 4.78 is 3.71. The minimum absolute atomic E-state index is 0.726. The smallest absolute Gasteiger partial charge is 0.170 e. The number of hydrogen-bond acceptors (Lipinski definition) is 6. The van der Waals surface area contributed by atoms with Crippen LogP contribution in [0.4, 0.5) is 5.82 Å². The quantitative estimate of drug-likeness (QED) is 0.601. The van der Waals surface area contributed by atoms with Gasteiger partial charge in [-0.3, -0.25) is 0 Å². The summed E-state index contributed by atoms with van der Waals surface area (Å²) in [5.41, 5.74) is 0.726. The Morgan fingerprint density at radius 2 is 2.09 bits per heavy atom. The lowest BCUT2D eigenvalue weighted by molar-refractivity contribution is 0.725. The van der Waals surface area contributed by atoms with Crippen LogP contribution < -0.4 is 5.32 Å². The highest BCUT2D eigenvalue weighted by molar-refractivity contribution is 5.86. The Morgan fingerprint density at radius 3 is 2.91 bits per heavy atom. The summed E-state index contributed by atoms with van der Waals surface area (Å²) in [7, 11) is 0. The number of imidazole rings is 1. The third-order valence-electron chi connectivity index (χ3n) is 3.45. The van der Waals surface area contributed by atoms with Gasteiger partial charge in [-0.1, -0.05) is 6.07 Å². The van der Waals surface area contributed by atoms with Gasteiger partial charge in [0.1, 0.15) is 12.1 Å². The lowest BCUT2D eigenvalue weighted by Gasteiger charge is -2.07. The van der Waals surface area contributed by atoms with Crippen molar-refractivity contribution < 1.29 is 0 Å². The molecular formula is C15H14N8. The third kappa shape index (κ3) is 2.61. The maximum atomic E-state index is 4.38. The molecule has 0 aliphatic rings. The first-order chi connectivity index (χ1) is 11.4. The minimum atomic E-state index is 0.726. The number of anilines is 1. The number of fused-ring (bicyclic) bond motifs is 1. The summed E-state index contributed by atoms with van der Waals surface area (Å²) in [4.78, 5) is 17.0. The van der Waals surface area contributed by atoms with Crippen LogP contribution in [0.15, 0.2) is 55.6 Å². The molecule has 0 spiro atoms. The van der Waals surface area contributed by atoms with Crippen LogP contribution in [0.2, 0.25) is 0 Å². The van der Waals surface area contributed by atoms with E-state index >= 15 is 0 Å². The van der Waals surface area contributed by atoms with Crippen LogP contribution >= 0.6 is 0 Å². The van der Waals surface area contributed by atoms with Gasteiger partial charge >= 0.3 is 0 Å². The molecule has 0 bridgehead atoms. The van der Waals surface area contributed by atoms with E-state index in [0.717, 1.165) is 35.8 Å². The van der Waals surface area contributed by atoms with Gasteiger partial charge in [-0.05, 0) is 12.1 Å². The zero-order valence-electron chi connectivity index (χ0n) is 12.2. The summed E-state index contributed by atoms with van der Waals surface area (Å²) in [5.74, 6) is 1.49. The highest BCUT2D eigenvalue weighted by Crippen LogP contribution is 2.20. The summed E-state index contributed by atoms with van der Waals surface area (Å²) in [6.07, 6.45) is 10.5. The average Bonchev–Trinajstić information content (AvgIpc) is 3.25. The minimum Gasteiger partial charge on any atom is -0.368 e. The van der Waals surface area contributed by atoms with Gasteiger partial charge in [0.05, 0.1) is 17.9 Å².